The molecule has 0 atom stereocenters. The van der Waals surface area contributed by atoms with Crippen molar-refractivity contribution in [3.63, 3.8) is 0 Å². The molecule has 1 saturated heterocycles. The van der Waals surface area contributed by atoms with E-state index >= 15 is 0 Å². The van der Waals surface area contributed by atoms with Gasteiger partial charge >= 0.3 is 0 Å². The number of amides is 2. The van der Waals surface area contributed by atoms with Crippen LogP contribution in [0.2, 0.25) is 5.02 Å². The third kappa shape index (κ3) is 4.13. The average Bonchev–Trinajstić information content (AvgIpc) is 2.66. The Morgan fingerprint density at radius 3 is 2.69 bits per heavy atom. The van der Waals surface area contributed by atoms with E-state index in [2.05, 4.69) is 10.6 Å². The SMILES string of the molecule is N#Cc1ccc(NCc2ccc(C(=O)N3CCNC(=O)C3)cc2)cc1Cl. The summed E-state index contributed by atoms with van der Waals surface area (Å²) in [4.78, 5) is 25.4. The smallest absolute Gasteiger partial charge is 0.254 e. The molecule has 26 heavy (non-hydrogen) atoms. The molecule has 1 aliphatic heterocycles. The molecule has 1 aliphatic rings. The van der Waals surface area contributed by atoms with Crippen LogP contribution >= 0.6 is 11.6 Å². The lowest BCUT2D eigenvalue weighted by molar-refractivity contribution is -0.123. The van der Waals surface area contributed by atoms with Crippen molar-refractivity contribution in [2.24, 2.45) is 0 Å². The van der Waals surface area contributed by atoms with Crippen LogP contribution in [0.5, 0.6) is 0 Å². The fourth-order valence-corrected chi connectivity index (χ4v) is 2.90. The second kappa shape index (κ2) is 7.89. The van der Waals surface area contributed by atoms with E-state index in [9.17, 15) is 9.59 Å². The van der Waals surface area contributed by atoms with Crippen molar-refractivity contribution in [2.75, 3.05) is 25.0 Å². The Labute approximate surface area is 156 Å². The topological polar surface area (TPSA) is 85.2 Å². The minimum Gasteiger partial charge on any atom is -0.381 e. The molecule has 2 aromatic rings. The first-order valence-electron chi connectivity index (χ1n) is 8.15. The van der Waals surface area contributed by atoms with E-state index in [1.54, 1.807) is 35.2 Å². The molecular weight excluding hydrogens is 352 g/mol. The molecule has 3 rings (SSSR count). The molecular formula is C19H17ClN4O2. The number of anilines is 1. The predicted molar refractivity (Wildman–Crippen MR) is 98.8 cm³/mol. The van der Waals surface area contributed by atoms with Crippen LogP contribution in [0.1, 0.15) is 21.5 Å². The summed E-state index contributed by atoms with van der Waals surface area (Å²) < 4.78 is 0. The molecule has 0 saturated carbocycles. The minimum atomic E-state index is -0.141. The molecule has 2 aromatic carbocycles. The highest BCUT2D eigenvalue weighted by molar-refractivity contribution is 6.32. The maximum Gasteiger partial charge on any atom is 0.254 e. The standard InChI is InChI=1S/C19H17ClN4O2/c20-17-9-16(6-5-15(17)10-21)23-11-13-1-3-14(4-2-13)19(26)24-8-7-22-18(25)12-24/h1-6,9,23H,7-8,11-12H2,(H,22,25). The highest BCUT2D eigenvalue weighted by Crippen LogP contribution is 2.20. The van der Waals surface area contributed by atoms with Crippen molar-refractivity contribution in [2.45, 2.75) is 6.54 Å². The van der Waals surface area contributed by atoms with Gasteiger partial charge in [0.15, 0.2) is 0 Å². The van der Waals surface area contributed by atoms with Gasteiger partial charge in [0.25, 0.3) is 5.91 Å². The third-order valence-electron chi connectivity index (χ3n) is 4.11. The summed E-state index contributed by atoms with van der Waals surface area (Å²) in [5, 5.41) is 15.2. The maximum atomic E-state index is 12.4. The van der Waals surface area contributed by atoms with Crippen LogP contribution in [0.3, 0.4) is 0 Å². The van der Waals surface area contributed by atoms with E-state index in [-0.39, 0.29) is 18.4 Å². The number of hydrogen-bond donors (Lipinski definition) is 2. The second-order valence-electron chi connectivity index (χ2n) is 5.93. The molecule has 0 radical (unpaired) electrons. The quantitative estimate of drug-likeness (QED) is 0.867. The van der Waals surface area contributed by atoms with Gasteiger partial charge in [0.2, 0.25) is 5.91 Å². The van der Waals surface area contributed by atoms with Gasteiger partial charge < -0.3 is 15.5 Å². The summed E-state index contributed by atoms with van der Waals surface area (Å²) in [6.45, 7) is 1.66. The van der Waals surface area contributed by atoms with Gasteiger partial charge in [-0.15, -0.1) is 0 Å². The van der Waals surface area contributed by atoms with Gasteiger partial charge in [0.1, 0.15) is 6.07 Å². The minimum absolute atomic E-state index is 0.0988. The van der Waals surface area contributed by atoms with Crippen LogP contribution in [-0.4, -0.2) is 36.3 Å². The molecule has 7 heteroatoms. The Bertz CT molecular complexity index is 874. The molecule has 0 unspecified atom stereocenters. The zero-order valence-corrected chi connectivity index (χ0v) is 14.7. The number of carbonyl (C=O) groups excluding carboxylic acids is 2. The van der Waals surface area contributed by atoms with Gasteiger partial charge in [-0.25, -0.2) is 0 Å². The van der Waals surface area contributed by atoms with Gasteiger partial charge in [-0.3, -0.25) is 9.59 Å². The number of halogens is 1. The number of rotatable bonds is 4. The van der Waals surface area contributed by atoms with E-state index in [1.165, 1.54) is 0 Å². The first-order valence-corrected chi connectivity index (χ1v) is 8.53. The highest BCUT2D eigenvalue weighted by Gasteiger charge is 2.21. The Morgan fingerprint density at radius 1 is 1.27 bits per heavy atom. The summed E-state index contributed by atoms with van der Waals surface area (Å²) >= 11 is 6.02. The lowest BCUT2D eigenvalue weighted by Gasteiger charge is -2.26. The molecule has 0 aromatic heterocycles. The zero-order chi connectivity index (χ0) is 18.5. The van der Waals surface area contributed by atoms with Crippen LogP contribution in [0.25, 0.3) is 0 Å². The van der Waals surface area contributed by atoms with Gasteiger partial charge in [-0.1, -0.05) is 23.7 Å². The molecule has 1 fully saturated rings. The van der Waals surface area contributed by atoms with Gasteiger partial charge in [-0.2, -0.15) is 5.26 Å². The first-order chi connectivity index (χ1) is 12.6. The number of nitrogens with one attached hydrogen (secondary N) is 2. The number of piperazine rings is 1. The molecule has 2 amide bonds. The Balaban J connectivity index is 1.61. The van der Waals surface area contributed by atoms with Gasteiger partial charge in [-0.05, 0) is 35.9 Å². The second-order valence-corrected chi connectivity index (χ2v) is 6.34. The van der Waals surface area contributed by atoms with Crippen molar-refractivity contribution in [3.05, 3.63) is 64.2 Å². The van der Waals surface area contributed by atoms with Crippen LogP contribution in [0.15, 0.2) is 42.5 Å². The summed E-state index contributed by atoms with van der Waals surface area (Å²) in [5.41, 5.74) is 2.81. The van der Waals surface area contributed by atoms with Crippen LogP contribution in [0.4, 0.5) is 5.69 Å². The Kier molecular flexibility index (Phi) is 5.40. The molecule has 0 bridgehead atoms. The monoisotopic (exact) mass is 368 g/mol. The van der Waals surface area contributed by atoms with Crippen LogP contribution in [0, 0.1) is 11.3 Å². The summed E-state index contributed by atoms with van der Waals surface area (Å²) in [5.74, 6) is -0.273. The molecule has 132 valence electrons. The first kappa shape index (κ1) is 17.8. The summed E-state index contributed by atoms with van der Waals surface area (Å²) in [6.07, 6.45) is 0. The lowest BCUT2D eigenvalue weighted by atomic mass is 10.1. The van der Waals surface area contributed by atoms with E-state index in [4.69, 9.17) is 16.9 Å². The van der Waals surface area contributed by atoms with E-state index < -0.39 is 0 Å². The highest BCUT2D eigenvalue weighted by atomic mass is 35.5. The number of nitrogens with zero attached hydrogens (tertiary/aromatic N) is 2. The van der Waals surface area contributed by atoms with E-state index in [0.29, 0.717) is 35.8 Å². The fourth-order valence-electron chi connectivity index (χ4n) is 2.68. The molecule has 2 N–H and O–H groups in total. The largest absolute Gasteiger partial charge is 0.381 e. The number of carbonyl (C=O) groups is 2. The van der Waals surface area contributed by atoms with Gasteiger partial charge in [0, 0.05) is 30.9 Å². The zero-order valence-electron chi connectivity index (χ0n) is 14.0. The number of nitriles is 1. The molecule has 0 spiro atoms. The van der Waals surface area contributed by atoms with Crippen LogP contribution in [-0.2, 0) is 11.3 Å². The third-order valence-corrected chi connectivity index (χ3v) is 4.43. The fraction of sp³-hybridized carbons (Fsp3) is 0.211. The lowest BCUT2D eigenvalue weighted by Crippen LogP contribution is -2.49. The van der Waals surface area contributed by atoms with Crippen molar-refractivity contribution in [1.82, 2.24) is 10.2 Å². The molecule has 0 aliphatic carbocycles. The molecule has 6 nitrogen and oxygen atoms in total. The average molecular weight is 369 g/mol. The maximum absolute atomic E-state index is 12.4. The number of benzene rings is 2. The van der Waals surface area contributed by atoms with Crippen molar-refractivity contribution < 1.29 is 9.59 Å². The van der Waals surface area contributed by atoms with Crippen molar-refractivity contribution in [3.8, 4) is 6.07 Å². The number of hydrogen-bond acceptors (Lipinski definition) is 4. The Hall–Kier alpha value is -3.04. The van der Waals surface area contributed by atoms with Crippen molar-refractivity contribution >= 4 is 29.1 Å². The van der Waals surface area contributed by atoms with E-state index in [1.807, 2.05) is 18.2 Å². The van der Waals surface area contributed by atoms with Crippen LogP contribution < -0.4 is 10.6 Å². The Morgan fingerprint density at radius 2 is 2.04 bits per heavy atom. The predicted octanol–water partition coefficient (Wildman–Crippen LogP) is 2.40. The van der Waals surface area contributed by atoms with Crippen molar-refractivity contribution in [1.29, 1.82) is 5.26 Å². The van der Waals surface area contributed by atoms with Gasteiger partial charge in [0.05, 0.1) is 17.1 Å². The molecule has 1 heterocycles. The summed E-state index contributed by atoms with van der Waals surface area (Å²) in [7, 11) is 0. The van der Waals surface area contributed by atoms with E-state index in [0.717, 1.165) is 11.3 Å². The normalized spacial score (nSPS) is 13.7. The summed E-state index contributed by atoms with van der Waals surface area (Å²) in [6, 6.07) is 14.5.